The molecule has 7 nitrogen and oxygen atoms in total. The number of carboxylic acid groups (broad SMARTS) is 1. The molecule has 0 radical (unpaired) electrons. The summed E-state index contributed by atoms with van der Waals surface area (Å²) in [5.74, 6) is -1.04. The minimum atomic E-state index is -1.04. The van der Waals surface area contributed by atoms with Crippen LogP contribution in [0.2, 0.25) is 0 Å². The summed E-state index contributed by atoms with van der Waals surface area (Å²) in [6.07, 6.45) is 3.70. The Kier molecular flexibility index (Phi) is 7.32. The third-order valence-corrected chi connectivity index (χ3v) is 3.52. The first kappa shape index (κ1) is 16.7. The van der Waals surface area contributed by atoms with Crippen molar-refractivity contribution in [3.05, 3.63) is 0 Å². The lowest BCUT2D eigenvalue weighted by Crippen LogP contribution is -2.51. The predicted molar refractivity (Wildman–Crippen MR) is 72.6 cm³/mol. The van der Waals surface area contributed by atoms with Crippen LogP contribution < -0.4 is 10.6 Å². The second kappa shape index (κ2) is 8.76. The summed E-state index contributed by atoms with van der Waals surface area (Å²) < 4.78 is 10.2. The van der Waals surface area contributed by atoms with Gasteiger partial charge in [0, 0.05) is 20.8 Å². The van der Waals surface area contributed by atoms with E-state index in [1.807, 2.05) is 0 Å². The van der Waals surface area contributed by atoms with Gasteiger partial charge in [0.2, 0.25) is 0 Å². The molecule has 2 amide bonds. The Morgan fingerprint density at radius 3 is 2.70 bits per heavy atom. The van der Waals surface area contributed by atoms with E-state index in [0.29, 0.717) is 19.4 Å². The van der Waals surface area contributed by atoms with Crippen LogP contribution in [0, 0.1) is 0 Å². The highest BCUT2D eigenvalue weighted by Crippen LogP contribution is 2.21. The number of nitrogens with one attached hydrogen (secondary N) is 2. The molecule has 0 saturated heterocycles. The fraction of sp³-hybridized carbons (Fsp3) is 0.846. The number of methoxy groups -OCH3 is 2. The molecule has 0 spiro atoms. The highest BCUT2D eigenvalue weighted by Gasteiger charge is 2.29. The third-order valence-electron chi connectivity index (χ3n) is 3.52. The summed E-state index contributed by atoms with van der Waals surface area (Å²) in [6.45, 7) is 0.474. The normalized spacial score (nSPS) is 23.3. The molecule has 0 aliphatic heterocycles. The molecule has 1 rings (SSSR count). The fourth-order valence-corrected chi connectivity index (χ4v) is 2.43. The Balaban J connectivity index is 2.39. The third kappa shape index (κ3) is 5.34. The Bertz CT molecular complexity index is 324. The lowest BCUT2D eigenvalue weighted by Gasteiger charge is -2.21. The van der Waals surface area contributed by atoms with Gasteiger partial charge in [0.15, 0.2) is 0 Å². The van der Waals surface area contributed by atoms with E-state index in [-0.39, 0.29) is 12.1 Å². The van der Waals surface area contributed by atoms with Crippen LogP contribution in [0.3, 0.4) is 0 Å². The van der Waals surface area contributed by atoms with E-state index in [1.54, 1.807) is 14.2 Å². The first-order chi connectivity index (χ1) is 9.58. The van der Waals surface area contributed by atoms with Gasteiger partial charge in [0.25, 0.3) is 0 Å². The van der Waals surface area contributed by atoms with Crippen molar-refractivity contribution >= 4 is 12.0 Å². The molecule has 1 saturated carbocycles. The van der Waals surface area contributed by atoms with Crippen molar-refractivity contribution in [2.45, 2.75) is 50.3 Å². The number of amides is 2. The molecule has 20 heavy (non-hydrogen) atoms. The molecule has 0 aromatic rings. The summed E-state index contributed by atoms with van der Waals surface area (Å²) in [4.78, 5) is 22.9. The minimum absolute atomic E-state index is 0.0116. The Morgan fingerprint density at radius 2 is 2.10 bits per heavy atom. The van der Waals surface area contributed by atoms with Gasteiger partial charge in [-0.15, -0.1) is 0 Å². The van der Waals surface area contributed by atoms with Crippen molar-refractivity contribution in [2.24, 2.45) is 0 Å². The van der Waals surface area contributed by atoms with Crippen molar-refractivity contribution in [3.63, 3.8) is 0 Å². The summed E-state index contributed by atoms with van der Waals surface area (Å²) in [7, 11) is 3.17. The van der Waals surface area contributed by atoms with Gasteiger partial charge >= 0.3 is 12.0 Å². The Morgan fingerprint density at radius 1 is 1.35 bits per heavy atom. The zero-order chi connectivity index (χ0) is 15.0. The molecule has 3 N–H and O–H groups in total. The largest absolute Gasteiger partial charge is 0.480 e. The van der Waals surface area contributed by atoms with Crippen LogP contribution in [-0.2, 0) is 14.3 Å². The Hall–Kier alpha value is -1.34. The van der Waals surface area contributed by atoms with Gasteiger partial charge in [0.05, 0.1) is 12.1 Å². The van der Waals surface area contributed by atoms with E-state index in [4.69, 9.17) is 14.6 Å². The maximum absolute atomic E-state index is 11.8. The number of carboxylic acids is 1. The number of ether oxygens (including phenoxy) is 2. The first-order valence-corrected chi connectivity index (χ1v) is 6.90. The van der Waals surface area contributed by atoms with Gasteiger partial charge in [-0.3, -0.25) is 0 Å². The van der Waals surface area contributed by atoms with E-state index in [1.165, 1.54) is 0 Å². The monoisotopic (exact) mass is 288 g/mol. The zero-order valence-electron chi connectivity index (χ0n) is 12.1. The van der Waals surface area contributed by atoms with Crippen LogP contribution in [0.15, 0.2) is 0 Å². The predicted octanol–water partition coefficient (Wildman–Crippen LogP) is 0.733. The number of urea groups is 1. The van der Waals surface area contributed by atoms with Gasteiger partial charge in [-0.1, -0.05) is 0 Å². The smallest absolute Gasteiger partial charge is 0.326 e. The number of rotatable bonds is 8. The number of hydrogen-bond donors (Lipinski definition) is 3. The molecule has 0 aromatic carbocycles. The first-order valence-electron chi connectivity index (χ1n) is 6.90. The van der Waals surface area contributed by atoms with Crippen LogP contribution in [0.1, 0.15) is 32.1 Å². The second-order valence-corrected chi connectivity index (χ2v) is 4.96. The lowest BCUT2D eigenvalue weighted by molar-refractivity contribution is -0.139. The fourth-order valence-electron chi connectivity index (χ4n) is 2.43. The molecule has 1 aliphatic rings. The minimum Gasteiger partial charge on any atom is -0.480 e. The van der Waals surface area contributed by atoms with Crippen molar-refractivity contribution in [1.82, 2.24) is 10.6 Å². The quantitative estimate of drug-likeness (QED) is 0.572. The van der Waals surface area contributed by atoms with Crippen molar-refractivity contribution in [2.75, 3.05) is 20.8 Å². The van der Waals surface area contributed by atoms with E-state index >= 15 is 0 Å². The van der Waals surface area contributed by atoms with Gasteiger partial charge in [-0.05, 0) is 32.1 Å². The molecule has 0 bridgehead atoms. The van der Waals surface area contributed by atoms with E-state index < -0.39 is 18.0 Å². The molecule has 1 fully saturated rings. The molecule has 116 valence electrons. The molecule has 1 aliphatic carbocycles. The lowest BCUT2D eigenvalue weighted by atomic mass is 10.1. The standard InChI is InChI=1S/C13H24N2O5/c1-19-8-4-6-10(12(16)17)15-13(18)14-9-5-3-7-11(9)20-2/h9-11H,3-8H2,1-2H3,(H,16,17)(H2,14,15,18). The van der Waals surface area contributed by atoms with Crippen molar-refractivity contribution < 1.29 is 24.2 Å². The number of hydrogen-bond acceptors (Lipinski definition) is 4. The van der Waals surface area contributed by atoms with Crippen LogP contribution >= 0.6 is 0 Å². The molecule has 7 heteroatoms. The average Bonchev–Trinajstić information content (AvgIpc) is 2.84. The van der Waals surface area contributed by atoms with Crippen LogP contribution in [0.25, 0.3) is 0 Å². The van der Waals surface area contributed by atoms with E-state index in [9.17, 15) is 9.59 Å². The number of aliphatic carboxylic acids is 1. The van der Waals surface area contributed by atoms with Crippen molar-refractivity contribution in [3.8, 4) is 0 Å². The van der Waals surface area contributed by atoms with Crippen molar-refractivity contribution in [1.29, 1.82) is 0 Å². The number of carbonyl (C=O) groups is 2. The molecular weight excluding hydrogens is 264 g/mol. The molecule has 0 aromatic heterocycles. The zero-order valence-corrected chi connectivity index (χ0v) is 12.1. The second-order valence-electron chi connectivity index (χ2n) is 4.96. The van der Waals surface area contributed by atoms with Gasteiger partial charge < -0.3 is 25.2 Å². The summed E-state index contributed by atoms with van der Waals surface area (Å²) in [5.41, 5.74) is 0. The SMILES string of the molecule is COCCCC(NC(=O)NC1CCCC1OC)C(=O)O. The summed E-state index contributed by atoms with van der Waals surface area (Å²) in [6, 6.07) is -1.40. The highest BCUT2D eigenvalue weighted by molar-refractivity contribution is 5.82. The van der Waals surface area contributed by atoms with E-state index in [2.05, 4.69) is 10.6 Å². The molecule has 3 unspecified atom stereocenters. The van der Waals surface area contributed by atoms with Gasteiger partial charge in [0.1, 0.15) is 6.04 Å². The van der Waals surface area contributed by atoms with Crippen LogP contribution in [-0.4, -0.2) is 56.1 Å². The van der Waals surface area contributed by atoms with Crippen LogP contribution in [0.5, 0.6) is 0 Å². The highest BCUT2D eigenvalue weighted by atomic mass is 16.5. The maximum Gasteiger partial charge on any atom is 0.326 e. The Labute approximate surface area is 119 Å². The molecule has 3 atom stereocenters. The molecule has 0 heterocycles. The maximum atomic E-state index is 11.8. The number of carbonyl (C=O) groups excluding carboxylic acids is 1. The van der Waals surface area contributed by atoms with Gasteiger partial charge in [-0.25, -0.2) is 9.59 Å². The average molecular weight is 288 g/mol. The summed E-state index contributed by atoms with van der Waals surface area (Å²) >= 11 is 0. The molecular formula is C13H24N2O5. The summed E-state index contributed by atoms with van der Waals surface area (Å²) in [5, 5.41) is 14.3. The van der Waals surface area contributed by atoms with Crippen LogP contribution in [0.4, 0.5) is 4.79 Å². The van der Waals surface area contributed by atoms with Gasteiger partial charge in [-0.2, -0.15) is 0 Å². The van der Waals surface area contributed by atoms with E-state index in [0.717, 1.165) is 19.3 Å². The topological polar surface area (TPSA) is 96.9 Å².